The largest absolute Gasteiger partial charge is 0.447 e. The van der Waals surface area contributed by atoms with E-state index in [0.29, 0.717) is 30.8 Å². The molecule has 0 spiro atoms. The van der Waals surface area contributed by atoms with E-state index in [1.54, 1.807) is 30.1 Å². The van der Waals surface area contributed by atoms with Crippen LogP contribution in [-0.2, 0) is 4.74 Å². The predicted molar refractivity (Wildman–Crippen MR) is 138 cm³/mol. The van der Waals surface area contributed by atoms with Crippen molar-refractivity contribution in [2.24, 2.45) is 0 Å². The smallest absolute Gasteiger partial charge is 0.410 e. The van der Waals surface area contributed by atoms with Crippen LogP contribution in [-0.4, -0.2) is 83.1 Å². The molecule has 1 saturated carbocycles. The summed E-state index contributed by atoms with van der Waals surface area (Å²) in [5.74, 6) is 1.51. The highest BCUT2D eigenvalue weighted by Crippen LogP contribution is 2.43. The number of rotatable bonds is 5. The quantitative estimate of drug-likeness (QED) is 0.556. The van der Waals surface area contributed by atoms with Crippen LogP contribution in [0.25, 0.3) is 10.2 Å². The lowest BCUT2D eigenvalue weighted by molar-refractivity contribution is 0.0831. The minimum absolute atomic E-state index is 0.0287. The number of amides is 2. The molecule has 188 valence electrons. The number of cyclic esters (lactones) is 1. The van der Waals surface area contributed by atoms with Crippen molar-refractivity contribution in [1.29, 1.82) is 0 Å². The van der Waals surface area contributed by atoms with Gasteiger partial charge in [-0.3, -0.25) is 9.69 Å². The molecule has 2 aliphatic heterocycles. The molecular formula is C25H29N7O3S. The highest BCUT2D eigenvalue weighted by atomic mass is 32.1. The third-order valence-corrected chi connectivity index (χ3v) is 8.42. The first-order chi connectivity index (χ1) is 17.5. The molecular weight excluding hydrogens is 478 g/mol. The molecule has 3 aromatic rings. The van der Waals surface area contributed by atoms with Gasteiger partial charge in [0.1, 0.15) is 12.4 Å². The maximum absolute atomic E-state index is 12.9. The maximum atomic E-state index is 12.9. The van der Waals surface area contributed by atoms with Crippen LogP contribution in [0.2, 0.25) is 0 Å². The van der Waals surface area contributed by atoms with Crippen LogP contribution in [0.1, 0.15) is 46.8 Å². The van der Waals surface area contributed by atoms with E-state index in [1.807, 2.05) is 18.3 Å². The fourth-order valence-corrected chi connectivity index (χ4v) is 6.63. The summed E-state index contributed by atoms with van der Waals surface area (Å²) in [6, 6.07) is 4.02. The molecule has 36 heavy (non-hydrogen) atoms. The zero-order valence-electron chi connectivity index (χ0n) is 20.4. The molecule has 5 heterocycles. The zero-order chi connectivity index (χ0) is 24.8. The summed E-state index contributed by atoms with van der Waals surface area (Å²) in [4.78, 5) is 45.1. The van der Waals surface area contributed by atoms with Gasteiger partial charge < -0.3 is 19.9 Å². The van der Waals surface area contributed by atoms with E-state index >= 15 is 0 Å². The highest BCUT2D eigenvalue weighted by Gasteiger charge is 2.37. The average Bonchev–Trinajstić information content (AvgIpc) is 3.62. The van der Waals surface area contributed by atoms with E-state index < -0.39 is 0 Å². The van der Waals surface area contributed by atoms with E-state index in [4.69, 9.17) is 9.72 Å². The van der Waals surface area contributed by atoms with Gasteiger partial charge in [0.25, 0.3) is 5.91 Å². The molecule has 1 atom stereocenters. The number of pyridine rings is 1. The molecule has 3 aliphatic rings. The van der Waals surface area contributed by atoms with Crippen molar-refractivity contribution in [2.75, 3.05) is 50.6 Å². The minimum Gasteiger partial charge on any atom is -0.447 e. The second kappa shape index (κ2) is 9.20. The van der Waals surface area contributed by atoms with Gasteiger partial charge in [-0.05, 0) is 30.9 Å². The van der Waals surface area contributed by atoms with Crippen LogP contribution in [0.15, 0.2) is 24.5 Å². The van der Waals surface area contributed by atoms with Crippen molar-refractivity contribution in [1.82, 2.24) is 24.8 Å². The van der Waals surface area contributed by atoms with Gasteiger partial charge in [-0.25, -0.2) is 19.7 Å². The number of anilines is 3. The minimum atomic E-state index is -0.214. The van der Waals surface area contributed by atoms with Gasteiger partial charge in [0.05, 0.1) is 39.2 Å². The molecule has 11 heteroatoms. The Hall–Kier alpha value is -3.47. The summed E-state index contributed by atoms with van der Waals surface area (Å²) < 4.78 is 6.10. The molecule has 0 radical (unpaired) electrons. The Morgan fingerprint density at radius 1 is 1.17 bits per heavy atom. The molecule has 2 amide bonds. The van der Waals surface area contributed by atoms with Crippen molar-refractivity contribution >= 4 is 51.0 Å². The first-order valence-electron chi connectivity index (χ1n) is 12.4. The number of nitrogens with zero attached hydrogens (tertiary/aromatic N) is 6. The van der Waals surface area contributed by atoms with Gasteiger partial charge >= 0.3 is 6.09 Å². The monoisotopic (exact) mass is 507 g/mol. The average molecular weight is 508 g/mol. The Morgan fingerprint density at radius 2 is 2.00 bits per heavy atom. The Bertz CT molecular complexity index is 1300. The van der Waals surface area contributed by atoms with E-state index in [0.717, 1.165) is 52.3 Å². The molecule has 1 aliphatic carbocycles. The van der Waals surface area contributed by atoms with Crippen LogP contribution in [0, 0.1) is 0 Å². The number of piperazine rings is 1. The third kappa shape index (κ3) is 4.11. The summed E-state index contributed by atoms with van der Waals surface area (Å²) in [5.41, 5.74) is 2.95. The van der Waals surface area contributed by atoms with Crippen LogP contribution in [0.5, 0.6) is 0 Å². The Labute approximate surface area is 213 Å². The van der Waals surface area contributed by atoms with Gasteiger partial charge in [0.15, 0.2) is 0 Å². The first-order valence-corrected chi connectivity index (χ1v) is 13.2. The number of nitrogens with one attached hydrogen (secondary N) is 1. The van der Waals surface area contributed by atoms with E-state index in [9.17, 15) is 9.59 Å². The van der Waals surface area contributed by atoms with Gasteiger partial charge in [-0.2, -0.15) is 0 Å². The van der Waals surface area contributed by atoms with Gasteiger partial charge in [-0.15, -0.1) is 11.3 Å². The summed E-state index contributed by atoms with van der Waals surface area (Å²) >= 11 is 1.49. The molecule has 1 N–H and O–H groups in total. The normalized spacial score (nSPS) is 20.1. The Morgan fingerprint density at radius 3 is 2.75 bits per heavy atom. The van der Waals surface area contributed by atoms with Crippen molar-refractivity contribution < 1.29 is 14.3 Å². The van der Waals surface area contributed by atoms with E-state index in [1.165, 1.54) is 24.2 Å². The predicted octanol–water partition coefficient (Wildman–Crippen LogP) is 3.83. The number of carbonyl (C=O) groups is 2. The van der Waals surface area contributed by atoms with Crippen molar-refractivity contribution in [2.45, 2.75) is 37.6 Å². The molecule has 0 unspecified atom stereocenters. The van der Waals surface area contributed by atoms with Crippen LogP contribution in [0.4, 0.5) is 22.2 Å². The molecule has 3 fully saturated rings. The van der Waals surface area contributed by atoms with Crippen molar-refractivity contribution in [3.8, 4) is 0 Å². The number of aromatic nitrogens is 3. The number of carbonyl (C=O) groups excluding carboxylic acids is 2. The standard InChI is InChI=1S/C25H29N7O3S/c1-30(2)23(33)22-20(15-5-3-4-6-15)21-18(36-22)12-27-24(29-21)28-19-8-7-16(11-26-19)31-9-10-32-17(13-31)14-35-25(32)34/h7-8,11-12,15,17H,3-6,9-10,13-14H2,1-2H3,(H,26,27,28,29)/t17-/m1/s1. The molecule has 2 saturated heterocycles. The number of fused-ring (bicyclic) bond motifs is 2. The lowest BCUT2D eigenvalue weighted by atomic mass is 9.96. The van der Waals surface area contributed by atoms with Crippen LogP contribution in [0.3, 0.4) is 0 Å². The second-order valence-electron chi connectivity index (χ2n) is 9.83. The number of thiophene rings is 1. The topological polar surface area (TPSA) is 104 Å². The molecule has 0 bridgehead atoms. The van der Waals surface area contributed by atoms with Gasteiger partial charge in [0, 0.05) is 39.3 Å². The van der Waals surface area contributed by atoms with E-state index in [2.05, 4.69) is 20.2 Å². The molecule has 0 aromatic carbocycles. The molecule has 6 rings (SSSR count). The number of hydrogen-bond acceptors (Lipinski definition) is 9. The lowest BCUT2D eigenvalue weighted by Gasteiger charge is -2.36. The maximum Gasteiger partial charge on any atom is 0.410 e. The molecule has 10 nitrogen and oxygen atoms in total. The summed E-state index contributed by atoms with van der Waals surface area (Å²) in [6.07, 6.45) is 7.96. The lowest BCUT2D eigenvalue weighted by Crippen LogP contribution is -2.52. The zero-order valence-corrected chi connectivity index (χ0v) is 21.3. The fourth-order valence-electron chi connectivity index (χ4n) is 5.41. The van der Waals surface area contributed by atoms with Crippen LogP contribution < -0.4 is 10.2 Å². The van der Waals surface area contributed by atoms with Crippen molar-refractivity contribution in [3.05, 3.63) is 35.0 Å². The summed E-state index contributed by atoms with van der Waals surface area (Å²) in [7, 11) is 3.58. The summed E-state index contributed by atoms with van der Waals surface area (Å²) in [6.45, 7) is 2.57. The fraction of sp³-hybridized carbons (Fsp3) is 0.480. The van der Waals surface area contributed by atoms with Gasteiger partial charge in [-0.1, -0.05) is 12.8 Å². The number of hydrogen-bond donors (Lipinski definition) is 1. The van der Waals surface area contributed by atoms with Gasteiger partial charge in [0.2, 0.25) is 5.95 Å². The van der Waals surface area contributed by atoms with Crippen molar-refractivity contribution in [3.63, 3.8) is 0 Å². The SMILES string of the molecule is CN(C)C(=O)c1sc2cnc(Nc3ccc(N4CCN5C(=O)OC[C@H]5C4)cn3)nc2c1C1CCCC1. The highest BCUT2D eigenvalue weighted by molar-refractivity contribution is 7.21. The first kappa shape index (κ1) is 23.0. The Kier molecular flexibility index (Phi) is 5.87. The number of ether oxygens (including phenoxy) is 1. The van der Waals surface area contributed by atoms with Crippen LogP contribution >= 0.6 is 11.3 Å². The second-order valence-corrected chi connectivity index (χ2v) is 10.9. The Balaban J connectivity index is 1.23. The van der Waals surface area contributed by atoms with E-state index in [-0.39, 0.29) is 18.0 Å². The third-order valence-electron chi connectivity index (χ3n) is 7.30. The summed E-state index contributed by atoms with van der Waals surface area (Å²) in [5, 5.41) is 3.23. The molecule has 3 aromatic heterocycles.